The summed E-state index contributed by atoms with van der Waals surface area (Å²) in [6, 6.07) is 18.1. The van der Waals surface area contributed by atoms with Gasteiger partial charge in [-0.1, -0.05) is 56.3 Å². The van der Waals surface area contributed by atoms with E-state index in [-0.39, 0.29) is 10.8 Å². The highest BCUT2D eigenvalue weighted by atomic mass is 32.2. The molecule has 0 bridgehead atoms. The molecule has 36 heavy (non-hydrogen) atoms. The van der Waals surface area contributed by atoms with E-state index >= 15 is 0 Å². The van der Waals surface area contributed by atoms with Gasteiger partial charge in [-0.05, 0) is 54.7 Å². The highest BCUT2D eigenvalue weighted by molar-refractivity contribution is 7.90. The second-order valence-electron chi connectivity index (χ2n) is 9.38. The third-order valence-electron chi connectivity index (χ3n) is 6.65. The number of benzene rings is 2. The maximum absolute atomic E-state index is 13.8. The number of nitrogens with zero attached hydrogens (tertiary/aromatic N) is 2. The summed E-state index contributed by atoms with van der Waals surface area (Å²) in [5.74, 6) is 0.478. The Labute approximate surface area is 212 Å². The van der Waals surface area contributed by atoms with E-state index in [9.17, 15) is 13.2 Å². The topological polar surface area (TPSA) is 115 Å². The third kappa shape index (κ3) is 4.81. The van der Waals surface area contributed by atoms with Crippen molar-refractivity contribution in [3.8, 4) is 5.75 Å². The number of hydrogen-bond donors (Lipinski definition) is 2. The lowest BCUT2D eigenvalue weighted by Gasteiger charge is -2.34. The molecule has 3 N–H and O–H groups in total. The second-order valence-corrected chi connectivity index (χ2v) is 11.0. The predicted molar refractivity (Wildman–Crippen MR) is 139 cm³/mol. The van der Waals surface area contributed by atoms with Crippen LogP contribution in [-0.2, 0) is 33.4 Å². The molecule has 1 aliphatic heterocycles. The van der Waals surface area contributed by atoms with Crippen LogP contribution in [0, 0.1) is 0 Å². The van der Waals surface area contributed by atoms with E-state index in [1.165, 1.54) is 23.8 Å². The highest BCUT2D eigenvalue weighted by Crippen LogP contribution is 2.44. The van der Waals surface area contributed by atoms with Crippen molar-refractivity contribution < 1.29 is 17.9 Å². The first-order chi connectivity index (χ1) is 17.1. The molecule has 1 unspecified atom stereocenters. The molecular weight excluding hydrogens is 476 g/mol. The van der Waals surface area contributed by atoms with Crippen molar-refractivity contribution >= 4 is 21.7 Å². The number of anilines is 1. The van der Waals surface area contributed by atoms with Crippen molar-refractivity contribution in [1.29, 1.82) is 0 Å². The zero-order valence-corrected chi connectivity index (χ0v) is 21.8. The minimum Gasteiger partial charge on any atom is -0.494 e. The van der Waals surface area contributed by atoms with Gasteiger partial charge < -0.3 is 10.5 Å². The first-order valence-corrected chi connectivity index (χ1v) is 13.4. The van der Waals surface area contributed by atoms with Gasteiger partial charge in [0.05, 0.1) is 6.61 Å². The molecule has 9 heteroatoms. The molecule has 1 aromatic heterocycles. The summed E-state index contributed by atoms with van der Waals surface area (Å²) in [6.45, 7) is 9.27. The summed E-state index contributed by atoms with van der Waals surface area (Å²) in [7, 11) is -4.24. The molecule has 0 saturated heterocycles. The molecule has 8 nitrogen and oxygen atoms in total. The molecular formula is C27H32N4O4S. The molecule has 2 heterocycles. The van der Waals surface area contributed by atoms with E-state index < -0.39 is 21.5 Å². The Morgan fingerprint density at radius 3 is 2.47 bits per heavy atom. The number of nitrogen functional groups attached to an aromatic ring is 1. The summed E-state index contributed by atoms with van der Waals surface area (Å²) in [5.41, 5.74) is 8.22. The Balaban J connectivity index is 1.72. The van der Waals surface area contributed by atoms with Gasteiger partial charge >= 0.3 is 0 Å². The van der Waals surface area contributed by atoms with Crippen LogP contribution in [0.4, 0.5) is 5.82 Å². The number of nitrogens with two attached hydrogens (primary N) is 1. The molecule has 0 aliphatic carbocycles. The van der Waals surface area contributed by atoms with E-state index in [0.717, 1.165) is 11.1 Å². The van der Waals surface area contributed by atoms with Gasteiger partial charge in [-0.15, -0.1) is 0 Å². The Morgan fingerprint density at radius 2 is 1.83 bits per heavy atom. The number of nitrogens with one attached hydrogen (secondary N) is 1. The van der Waals surface area contributed by atoms with E-state index in [1.807, 2.05) is 42.2 Å². The summed E-state index contributed by atoms with van der Waals surface area (Å²) >= 11 is 0. The van der Waals surface area contributed by atoms with Crippen molar-refractivity contribution in [3.05, 3.63) is 82.9 Å². The van der Waals surface area contributed by atoms with Gasteiger partial charge in [-0.2, -0.15) is 8.42 Å². The molecule has 1 amide bonds. The molecule has 0 radical (unpaired) electrons. The summed E-state index contributed by atoms with van der Waals surface area (Å²) in [6.07, 6.45) is 0. The fourth-order valence-corrected chi connectivity index (χ4v) is 5.59. The second kappa shape index (κ2) is 9.91. The number of pyridine rings is 1. The van der Waals surface area contributed by atoms with Gasteiger partial charge in [0.25, 0.3) is 15.9 Å². The van der Waals surface area contributed by atoms with E-state index in [0.29, 0.717) is 36.9 Å². The summed E-state index contributed by atoms with van der Waals surface area (Å²) < 4.78 is 34.2. The molecule has 2 aromatic carbocycles. The largest absolute Gasteiger partial charge is 0.494 e. The lowest BCUT2D eigenvalue weighted by molar-refractivity contribution is -0.131. The number of hydrogen-bond acceptors (Lipinski definition) is 7. The average molecular weight is 509 g/mol. The summed E-state index contributed by atoms with van der Waals surface area (Å²) in [5, 5.41) is -0.309. The van der Waals surface area contributed by atoms with Crippen LogP contribution >= 0.6 is 0 Å². The van der Waals surface area contributed by atoms with Crippen molar-refractivity contribution in [2.24, 2.45) is 0 Å². The maximum Gasteiger partial charge on any atom is 0.281 e. The average Bonchev–Trinajstić information content (AvgIpc) is 3.13. The highest BCUT2D eigenvalue weighted by Gasteiger charge is 2.49. The molecule has 1 aliphatic rings. The van der Waals surface area contributed by atoms with Gasteiger partial charge in [-0.25, -0.2) is 9.71 Å². The number of rotatable bonds is 8. The van der Waals surface area contributed by atoms with Crippen molar-refractivity contribution in [2.75, 3.05) is 12.3 Å². The Kier molecular flexibility index (Phi) is 7.06. The SMILES string of the molecule is CCOc1cccc2c1CN(Cc1ccc(C(C)C)cc1)C2(C)C(=O)NS(=O)(=O)c1cccc(N)n1. The minimum absolute atomic E-state index is 0.0515. The van der Waals surface area contributed by atoms with Gasteiger partial charge in [-0.3, -0.25) is 9.69 Å². The fourth-order valence-electron chi connectivity index (χ4n) is 4.56. The molecule has 4 rings (SSSR count). The van der Waals surface area contributed by atoms with Crippen LogP contribution in [0.1, 0.15) is 55.9 Å². The van der Waals surface area contributed by atoms with Crippen LogP contribution < -0.4 is 15.2 Å². The zero-order valence-electron chi connectivity index (χ0n) is 21.0. The number of fused-ring (bicyclic) bond motifs is 1. The Bertz CT molecular complexity index is 1370. The molecule has 190 valence electrons. The molecule has 0 fully saturated rings. The number of aromatic nitrogens is 1. The van der Waals surface area contributed by atoms with Crippen molar-refractivity contribution in [2.45, 2.75) is 57.3 Å². The molecule has 0 saturated carbocycles. The zero-order chi connectivity index (χ0) is 26.1. The van der Waals surface area contributed by atoms with Gasteiger partial charge in [0.1, 0.15) is 17.1 Å². The van der Waals surface area contributed by atoms with Crippen LogP contribution in [0.3, 0.4) is 0 Å². The van der Waals surface area contributed by atoms with Crippen LogP contribution in [0.5, 0.6) is 5.75 Å². The summed E-state index contributed by atoms with van der Waals surface area (Å²) in [4.78, 5) is 19.6. The van der Waals surface area contributed by atoms with Crippen LogP contribution in [0.25, 0.3) is 0 Å². The lowest BCUT2D eigenvalue weighted by Crippen LogP contribution is -2.52. The van der Waals surface area contributed by atoms with Crippen LogP contribution in [-0.4, -0.2) is 30.8 Å². The number of ether oxygens (including phenoxy) is 1. The van der Waals surface area contributed by atoms with Crippen LogP contribution in [0.15, 0.2) is 65.7 Å². The Hall–Kier alpha value is -3.43. The number of carbonyl (C=O) groups excluding carboxylic acids is 1. The minimum atomic E-state index is -4.24. The molecule has 1 atom stereocenters. The van der Waals surface area contributed by atoms with Gasteiger partial charge in [0.2, 0.25) is 0 Å². The number of carbonyl (C=O) groups is 1. The predicted octanol–water partition coefficient (Wildman–Crippen LogP) is 3.92. The van der Waals surface area contributed by atoms with Crippen molar-refractivity contribution in [1.82, 2.24) is 14.6 Å². The van der Waals surface area contributed by atoms with E-state index in [2.05, 4.69) is 35.7 Å². The van der Waals surface area contributed by atoms with Gasteiger partial charge in [0.15, 0.2) is 5.03 Å². The smallest absolute Gasteiger partial charge is 0.281 e. The van der Waals surface area contributed by atoms with E-state index in [1.54, 1.807) is 6.92 Å². The monoisotopic (exact) mass is 508 g/mol. The normalized spacial score (nSPS) is 17.7. The standard InChI is InChI=1S/C27H32N4O4S/c1-5-35-23-9-6-8-22-21(23)17-31(16-19-12-14-20(15-13-19)18(2)3)27(22,4)26(32)30-36(33,34)25-11-7-10-24(28)29-25/h6-15,18H,5,16-17H2,1-4H3,(H2,28,29)(H,30,32). The molecule has 3 aromatic rings. The number of sulfonamides is 1. The van der Waals surface area contributed by atoms with Crippen molar-refractivity contribution in [3.63, 3.8) is 0 Å². The Morgan fingerprint density at radius 1 is 1.14 bits per heavy atom. The number of amides is 1. The quantitative estimate of drug-likeness (QED) is 0.474. The van der Waals surface area contributed by atoms with Gasteiger partial charge in [0, 0.05) is 18.7 Å². The third-order valence-corrected chi connectivity index (χ3v) is 7.88. The molecule has 0 spiro atoms. The first-order valence-electron chi connectivity index (χ1n) is 11.9. The van der Waals surface area contributed by atoms with E-state index in [4.69, 9.17) is 10.5 Å². The maximum atomic E-state index is 13.8. The first kappa shape index (κ1) is 25.7. The van der Waals surface area contributed by atoms with Crippen LogP contribution in [0.2, 0.25) is 0 Å². The lowest BCUT2D eigenvalue weighted by atomic mass is 9.90. The fraction of sp³-hybridized carbons (Fsp3) is 0.333.